The fraction of sp³-hybridized carbons (Fsp3) is 0.750. The van der Waals surface area contributed by atoms with Gasteiger partial charge in [-0.25, -0.2) is 4.98 Å². The molecule has 2 rings (SSSR count). The van der Waals surface area contributed by atoms with Gasteiger partial charge >= 0.3 is 0 Å². The standard InChI is InChI=1S/C16H28N4/c1-12(2)11-20(14-6-7-14)15-10-17-8-13(19-15)9-18-16(3,4)5/h8,10,12,14,18H,6-7,9,11H2,1-5H3. The Kier molecular flexibility index (Phi) is 4.63. The molecule has 1 saturated carbocycles. The molecule has 0 aliphatic heterocycles. The Bertz CT molecular complexity index is 432. The highest BCUT2D eigenvalue weighted by Gasteiger charge is 2.30. The smallest absolute Gasteiger partial charge is 0.147 e. The molecule has 0 atom stereocenters. The molecule has 1 aromatic rings. The van der Waals surface area contributed by atoms with Gasteiger partial charge in [-0.15, -0.1) is 0 Å². The molecule has 1 aliphatic rings. The van der Waals surface area contributed by atoms with E-state index in [1.165, 1.54) is 12.8 Å². The van der Waals surface area contributed by atoms with Crippen molar-refractivity contribution in [2.75, 3.05) is 11.4 Å². The van der Waals surface area contributed by atoms with Gasteiger partial charge in [-0.2, -0.15) is 0 Å². The molecule has 0 aromatic carbocycles. The molecule has 0 spiro atoms. The molecule has 0 bridgehead atoms. The van der Waals surface area contributed by atoms with E-state index < -0.39 is 0 Å². The summed E-state index contributed by atoms with van der Waals surface area (Å²) >= 11 is 0. The molecule has 4 nitrogen and oxygen atoms in total. The van der Waals surface area contributed by atoms with Crippen LogP contribution in [0, 0.1) is 5.92 Å². The normalized spacial score (nSPS) is 15.7. The van der Waals surface area contributed by atoms with Crippen molar-refractivity contribution in [1.82, 2.24) is 15.3 Å². The number of hydrogen-bond donors (Lipinski definition) is 1. The average molecular weight is 276 g/mol. The Hall–Kier alpha value is -1.16. The van der Waals surface area contributed by atoms with E-state index in [1.54, 1.807) is 0 Å². The van der Waals surface area contributed by atoms with Crippen LogP contribution in [0.25, 0.3) is 0 Å². The zero-order chi connectivity index (χ0) is 14.8. The first-order valence-electron chi connectivity index (χ1n) is 7.68. The SMILES string of the molecule is CC(C)CN(c1cncc(CNC(C)(C)C)n1)C1CC1. The number of anilines is 1. The molecule has 1 N–H and O–H groups in total. The first-order valence-corrected chi connectivity index (χ1v) is 7.68. The van der Waals surface area contributed by atoms with Gasteiger partial charge in [0.15, 0.2) is 0 Å². The largest absolute Gasteiger partial charge is 0.352 e. The van der Waals surface area contributed by atoms with Crippen molar-refractivity contribution >= 4 is 5.82 Å². The second-order valence-electron chi connectivity index (χ2n) is 7.25. The van der Waals surface area contributed by atoms with E-state index >= 15 is 0 Å². The summed E-state index contributed by atoms with van der Waals surface area (Å²) < 4.78 is 0. The van der Waals surface area contributed by atoms with Gasteiger partial charge in [0.2, 0.25) is 0 Å². The van der Waals surface area contributed by atoms with Gasteiger partial charge in [-0.05, 0) is 39.5 Å². The van der Waals surface area contributed by atoms with Gasteiger partial charge in [-0.1, -0.05) is 13.8 Å². The number of nitrogens with one attached hydrogen (secondary N) is 1. The summed E-state index contributed by atoms with van der Waals surface area (Å²) in [6.07, 6.45) is 6.35. The van der Waals surface area contributed by atoms with Crippen LogP contribution in [0.1, 0.15) is 53.2 Å². The van der Waals surface area contributed by atoms with Gasteiger partial charge in [0.05, 0.1) is 11.9 Å². The van der Waals surface area contributed by atoms with Crippen LogP contribution in [0.15, 0.2) is 12.4 Å². The Labute approximate surface area is 123 Å². The fourth-order valence-electron chi connectivity index (χ4n) is 2.18. The number of nitrogens with zero attached hydrogens (tertiary/aromatic N) is 3. The zero-order valence-electron chi connectivity index (χ0n) is 13.5. The van der Waals surface area contributed by atoms with Crippen LogP contribution < -0.4 is 10.2 Å². The van der Waals surface area contributed by atoms with Crippen molar-refractivity contribution in [2.24, 2.45) is 5.92 Å². The average Bonchev–Trinajstić information content (AvgIpc) is 3.17. The Morgan fingerprint density at radius 3 is 2.55 bits per heavy atom. The van der Waals surface area contributed by atoms with Crippen LogP contribution in [0.4, 0.5) is 5.82 Å². The van der Waals surface area contributed by atoms with Crippen molar-refractivity contribution in [3.8, 4) is 0 Å². The first-order chi connectivity index (χ1) is 9.35. The van der Waals surface area contributed by atoms with E-state index in [1.807, 2.05) is 12.4 Å². The summed E-state index contributed by atoms with van der Waals surface area (Å²) in [5, 5.41) is 3.47. The molecule has 20 heavy (non-hydrogen) atoms. The molecule has 112 valence electrons. The van der Waals surface area contributed by atoms with Crippen LogP contribution >= 0.6 is 0 Å². The van der Waals surface area contributed by atoms with E-state index in [-0.39, 0.29) is 5.54 Å². The van der Waals surface area contributed by atoms with Crippen molar-refractivity contribution in [3.05, 3.63) is 18.1 Å². The van der Waals surface area contributed by atoms with Crippen molar-refractivity contribution in [2.45, 2.75) is 65.6 Å². The second kappa shape index (κ2) is 6.08. The molecular formula is C16H28N4. The molecule has 1 fully saturated rings. The van der Waals surface area contributed by atoms with Crippen LogP contribution in [0.5, 0.6) is 0 Å². The van der Waals surface area contributed by atoms with Crippen LogP contribution in [-0.4, -0.2) is 28.1 Å². The van der Waals surface area contributed by atoms with Gasteiger partial charge in [0.1, 0.15) is 5.82 Å². The van der Waals surface area contributed by atoms with Gasteiger partial charge in [0, 0.05) is 30.9 Å². The highest BCUT2D eigenvalue weighted by atomic mass is 15.2. The summed E-state index contributed by atoms with van der Waals surface area (Å²) in [6.45, 7) is 12.8. The molecule has 4 heteroatoms. The first kappa shape index (κ1) is 15.2. The summed E-state index contributed by atoms with van der Waals surface area (Å²) in [5.74, 6) is 1.68. The maximum atomic E-state index is 4.79. The summed E-state index contributed by atoms with van der Waals surface area (Å²) in [4.78, 5) is 11.6. The Balaban J connectivity index is 2.07. The maximum absolute atomic E-state index is 4.79. The molecule has 0 amide bonds. The minimum atomic E-state index is 0.103. The van der Waals surface area contributed by atoms with E-state index in [0.717, 1.165) is 24.6 Å². The fourth-order valence-corrected chi connectivity index (χ4v) is 2.18. The van der Waals surface area contributed by atoms with Crippen LogP contribution in [0.2, 0.25) is 0 Å². The molecule has 0 saturated heterocycles. The van der Waals surface area contributed by atoms with Crippen molar-refractivity contribution in [3.63, 3.8) is 0 Å². The summed E-state index contributed by atoms with van der Waals surface area (Å²) in [6, 6.07) is 0.678. The highest BCUT2D eigenvalue weighted by Crippen LogP contribution is 2.31. The predicted molar refractivity (Wildman–Crippen MR) is 83.8 cm³/mol. The van der Waals surface area contributed by atoms with E-state index in [9.17, 15) is 0 Å². The lowest BCUT2D eigenvalue weighted by Gasteiger charge is -2.26. The third kappa shape index (κ3) is 4.75. The molecule has 1 aliphatic carbocycles. The minimum Gasteiger partial charge on any atom is -0.352 e. The van der Waals surface area contributed by atoms with Crippen molar-refractivity contribution < 1.29 is 0 Å². The maximum Gasteiger partial charge on any atom is 0.147 e. The minimum absolute atomic E-state index is 0.103. The van der Waals surface area contributed by atoms with Crippen LogP contribution in [0.3, 0.4) is 0 Å². The third-order valence-electron chi connectivity index (χ3n) is 3.32. The highest BCUT2D eigenvalue weighted by molar-refractivity contribution is 5.39. The van der Waals surface area contributed by atoms with Crippen LogP contribution in [-0.2, 0) is 6.54 Å². The number of rotatable bonds is 6. The Morgan fingerprint density at radius 1 is 1.30 bits per heavy atom. The molecule has 0 unspecified atom stereocenters. The third-order valence-corrected chi connectivity index (χ3v) is 3.32. The van der Waals surface area contributed by atoms with Gasteiger partial charge in [0.25, 0.3) is 0 Å². The quantitative estimate of drug-likeness (QED) is 0.867. The molecule has 0 radical (unpaired) electrons. The molecule has 1 aromatic heterocycles. The summed E-state index contributed by atoms with van der Waals surface area (Å²) in [7, 11) is 0. The molecular weight excluding hydrogens is 248 g/mol. The lowest BCUT2D eigenvalue weighted by molar-refractivity contribution is 0.421. The second-order valence-corrected chi connectivity index (χ2v) is 7.25. The number of hydrogen-bond acceptors (Lipinski definition) is 4. The van der Waals surface area contributed by atoms with E-state index in [0.29, 0.717) is 12.0 Å². The van der Waals surface area contributed by atoms with Gasteiger partial charge < -0.3 is 10.2 Å². The lowest BCUT2D eigenvalue weighted by Crippen LogP contribution is -2.36. The lowest BCUT2D eigenvalue weighted by atomic mass is 10.1. The Morgan fingerprint density at radius 2 is 2.00 bits per heavy atom. The van der Waals surface area contributed by atoms with Gasteiger partial charge in [-0.3, -0.25) is 4.98 Å². The monoisotopic (exact) mass is 276 g/mol. The van der Waals surface area contributed by atoms with E-state index in [4.69, 9.17) is 4.98 Å². The predicted octanol–water partition coefficient (Wildman–Crippen LogP) is 2.99. The number of aromatic nitrogens is 2. The summed E-state index contributed by atoms with van der Waals surface area (Å²) in [5.41, 5.74) is 1.12. The topological polar surface area (TPSA) is 41.1 Å². The van der Waals surface area contributed by atoms with Crippen molar-refractivity contribution in [1.29, 1.82) is 0 Å². The zero-order valence-corrected chi connectivity index (χ0v) is 13.5. The molecule has 1 heterocycles. The van der Waals surface area contributed by atoms with E-state index in [2.05, 4.69) is 49.8 Å².